The molecule has 0 saturated heterocycles. The first kappa shape index (κ1) is 15.9. The number of hydrogen-bond acceptors (Lipinski definition) is 5. The Labute approximate surface area is 119 Å². The van der Waals surface area contributed by atoms with E-state index in [-0.39, 0.29) is 5.91 Å². The van der Waals surface area contributed by atoms with Gasteiger partial charge < -0.3 is 15.5 Å². The molecule has 0 saturated carbocycles. The first-order valence-electron chi connectivity index (χ1n) is 6.48. The maximum Gasteiger partial charge on any atom is 0.265 e. The summed E-state index contributed by atoms with van der Waals surface area (Å²) in [5.74, 6) is 0.485. The van der Waals surface area contributed by atoms with Gasteiger partial charge in [-0.15, -0.1) is 0 Å². The van der Waals surface area contributed by atoms with E-state index in [1.54, 1.807) is 0 Å². The van der Waals surface area contributed by atoms with Gasteiger partial charge in [0.15, 0.2) is 5.13 Å². The SMILES string of the molecule is Cc1nc(N)sc1C(=O)N(CCN(C)C)CC(C)C. The summed E-state index contributed by atoms with van der Waals surface area (Å²) in [5.41, 5.74) is 6.40. The van der Waals surface area contributed by atoms with E-state index in [2.05, 4.69) is 23.7 Å². The van der Waals surface area contributed by atoms with E-state index in [9.17, 15) is 4.79 Å². The minimum atomic E-state index is 0.0437. The Bertz CT molecular complexity index is 428. The third-order valence-corrected chi connectivity index (χ3v) is 3.67. The molecule has 108 valence electrons. The Morgan fingerprint density at radius 2 is 2.00 bits per heavy atom. The van der Waals surface area contributed by atoms with Crippen LogP contribution in [0.25, 0.3) is 0 Å². The maximum atomic E-state index is 12.5. The molecule has 0 atom stereocenters. The smallest absolute Gasteiger partial charge is 0.265 e. The molecular formula is C13H24N4OS. The molecule has 19 heavy (non-hydrogen) atoms. The Kier molecular flexibility index (Phi) is 5.75. The van der Waals surface area contributed by atoms with Gasteiger partial charge >= 0.3 is 0 Å². The lowest BCUT2D eigenvalue weighted by Crippen LogP contribution is -2.38. The van der Waals surface area contributed by atoms with Crippen LogP contribution < -0.4 is 5.73 Å². The van der Waals surface area contributed by atoms with Crippen LogP contribution in [0.2, 0.25) is 0 Å². The number of rotatable bonds is 6. The van der Waals surface area contributed by atoms with Crippen LogP contribution in [0.15, 0.2) is 0 Å². The molecule has 1 rings (SSSR count). The van der Waals surface area contributed by atoms with Crippen LogP contribution in [0, 0.1) is 12.8 Å². The van der Waals surface area contributed by atoms with Gasteiger partial charge in [-0.05, 0) is 26.9 Å². The summed E-state index contributed by atoms with van der Waals surface area (Å²) < 4.78 is 0. The standard InChI is InChI=1S/C13H24N4OS/c1-9(2)8-17(7-6-16(4)5)12(18)11-10(3)15-13(14)19-11/h9H,6-8H2,1-5H3,(H2,14,15). The number of anilines is 1. The number of likely N-dealkylation sites (N-methyl/N-ethyl adjacent to an activating group) is 1. The molecule has 0 spiro atoms. The molecule has 6 heteroatoms. The number of nitrogens with zero attached hydrogens (tertiary/aromatic N) is 3. The van der Waals surface area contributed by atoms with Crippen molar-refractivity contribution in [2.24, 2.45) is 5.92 Å². The van der Waals surface area contributed by atoms with Crippen molar-refractivity contribution < 1.29 is 4.79 Å². The van der Waals surface area contributed by atoms with Crippen LogP contribution in [0.1, 0.15) is 29.2 Å². The van der Waals surface area contributed by atoms with Crippen molar-refractivity contribution in [2.45, 2.75) is 20.8 Å². The van der Waals surface area contributed by atoms with Crippen LogP contribution in [0.5, 0.6) is 0 Å². The topological polar surface area (TPSA) is 62.5 Å². The van der Waals surface area contributed by atoms with Crippen LogP contribution in [0.4, 0.5) is 5.13 Å². The molecule has 0 aliphatic carbocycles. The predicted molar refractivity (Wildman–Crippen MR) is 80.6 cm³/mol. The molecule has 1 aromatic rings. The van der Waals surface area contributed by atoms with E-state index in [1.807, 2.05) is 25.9 Å². The zero-order chi connectivity index (χ0) is 14.6. The lowest BCUT2D eigenvalue weighted by Gasteiger charge is -2.25. The Morgan fingerprint density at radius 3 is 2.42 bits per heavy atom. The summed E-state index contributed by atoms with van der Waals surface area (Å²) in [6, 6.07) is 0. The van der Waals surface area contributed by atoms with E-state index in [4.69, 9.17) is 5.73 Å². The van der Waals surface area contributed by atoms with Crippen LogP contribution in [0.3, 0.4) is 0 Å². The second kappa shape index (κ2) is 6.86. The van der Waals surface area contributed by atoms with Gasteiger partial charge in [0.2, 0.25) is 0 Å². The number of aromatic nitrogens is 1. The van der Waals surface area contributed by atoms with Gasteiger partial charge in [0.1, 0.15) is 4.88 Å². The highest BCUT2D eigenvalue weighted by atomic mass is 32.1. The van der Waals surface area contributed by atoms with E-state index in [0.717, 1.165) is 25.3 Å². The van der Waals surface area contributed by atoms with Crippen LogP contribution in [-0.4, -0.2) is 54.4 Å². The van der Waals surface area contributed by atoms with Crippen molar-refractivity contribution in [1.82, 2.24) is 14.8 Å². The van der Waals surface area contributed by atoms with Crippen molar-refractivity contribution >= 4 is 22.4 Å². The number of carbonyl (C=O) groups excluding carboxylic acids is 1. The monoisotopic (exact) mass is 284 g/mol. The highest BCUT2D eigenvalue weighted by Gasteiger charge is 2.21. The average molecular weight is 284 g/mol. The number of nitrogens with two attached hydrogens (primary N) is 1. The summed E-state index contributed by atoms with van der Waals surface area (Å²) in [7, 11) is 4.02. The average Bonchev–Trinajstić information content (AvgIpc) is 2.62. The van der Waals surface area contributed by atoms with Gasteiger partial charge in [-0.3, -0.25) is 4.79 Å². The van der Waals surface area contributed by atoms with Crippen molar-refractivity contribution in [1.29, 1.82) is 0 Å². The van der Waals surface area contributed by atoms with Crippen molar-refractivity contribution in [2.75, 3.05) is 39.5 Å². The lowest BCUT2D eigenvalue weighted by atomic mass is 10.2. The number of hydrogen-bond donors (Lipinski definition) is 1. The number of amides is 1. The van der Waals surface area contributed by atoms with E-state index >= 15 is 0 Å². The molecule has 1 heterocycles. The maximum absolute atomic E-state index is 12.5. The second-order valence-electron chi connectivity index (χ2n) is 5.41. The molecule has 0 bridgehead atoms. The number of aryl methyl sites for hydroxylation is 1. The molecule has 1 amide bonds. The quantitative estimate of drug-likeness (QED) is 0.863. The van der Waals surface area contributed by atoms with E-state index < -0.39 is 0 Å². The van der Waals surface area contributed by atoms with Gasteiger partial charge in [0.25, 0.3) is 5.91 Å². The zero-order valence-corrected chi connectivity index (χ0v) is 13.3. The molecule has 1 aromatic heterocycles. The predicted octanol–water partition coefficient (Wildman–Crippen LogP) is 1.69. The third kappa shape index (κ3) is 4.80. The van der Waals surface area contributed by atoms with Crippen molar-refractivity contribution in [3.63, 3.8) is 0 Å². The minimum Gasteiger partial charge on any atom is -0.375 e. The van der Waals surface area contributed by atoms with Gasteiger partial charge in [0.05, 0.1) is 5.69 Å². The number of nitrogen functional groups attached to an aromatic ring is 1. The fourth-order valence-electron chi connectivity index (χ4n) is 1.80. The minimum absolute atomic E-state index is 0.0437. The Hall–Kier alpha value is -1.14. The number of thiazole rings is 1. The van der Waals surface area contributed by atoms with Crippen LogP contribution in [-0.2, 0) is 0 Å². The molecule has 5 nitrogen and oxygen atoms in total. The molecule has 0 fully saturated rings. The van der Waals surface area contributed by atoms with Crippen molar-refractivity contribution in [3.05, 3.63) is 10.6 Å². The number of carbonyl (C=O) groups is 1. The summed E-state index contributed by atoms with van der Waals surface area (Å²) in [5, 5.41) is 0.456. The highest BCUT2D eigenvalue weighted by Crippen LogP contribution is 2.21. The largest absolute Gasteiger partial charge is 0.375 e. The van der Waals surface area contributed by atoms with Gasteiger partial charge in [-0.2, -0.15) is 0 Å². The third-order valence-electron chi connectivity index (χ3n) is 2.70. The second-order valence-corrected chi connectivity index (χ2v) is 6.45. The molecule has 0 radical (unpaired) electrons. The first-order chi connectivity index (χ1) is 8.81. The van der Waals surface area contributed by atoms with Gasteiger partial charge in [-0.25, -0.2) is 4.98 Å². The summed E-state index contributed by atoms with van der Waals surface area (Å²) in [6.07, 6.45) is 0. The van der Waals surface area contributed by atoms with Crippen molar-refractivity contribution in [3.8, 4) is 0 Å². The fraction of sp³-hybridized carbons (Fsp3) is 0.692. The van der Waals surface area contributed by atoms with E-state index in [0.29, 0.717) is 15.9 Å². The Balaban J connectivity index is 2.84. The Morgan fingerprint density at radius 1 is 1.37 bits per heavy atom. The molecule has 0 aliphatic heterocycles. The van der Waals surface area contributed by atoms with Gasteiger partial charge in [-0.1, -0.05) is 25.2 Å². The first-order valence-corrected chi connectivity index (χ1v) is 7.29. The summed E-state index contributed by atoms with van der Waals surface area (Å²) >= 11 is 1.27. The molecule has 2 N–H and O–H groups in total. The molecular weight excluding hydrogens is 260 g/mol. The lowest BCUT2D eigenvalue weighted by molar-refractivity contribution is 0.0728. The normalized spacial score (nSPS) is 11.3. The summed E-state index contributed by atoms with van der Waals surface area (Å²) in [4.78, 5) is 21.3. The van der Waals surface area contributed by atoms with E-state index in [1.165, 1.54) is 11.3 Å². The fourth-order valence-corrected chi connectivity index (χ4v) is 2.60. The molecule has 0 unspecified atom stereocenters. The zero-order valence-electron chi connectivity index (χ0n) is 12.4. The van der Waals surface area contributed by atoms with Gasteiger partial charge in [0, 0.05) is 19.6 Å². The molecule has 0 aliphatic rings. The van der Waals surface area contributed by atoms with Crippen LogP contribution >= 0.6 is 11.3 Å². The highest BCUT2D eigenvalue weighted by molar-refractivity contribution is 7.17. The molecule has 0 aromatic carbocycles. The summed E-state index contributed by atoms with van der Waals surface area (Å²) in [6.45, 7) is 8.39.